The lowest BCUT2D eigenvalue weighted by molar-refractivity contribution is -0.145. The molecule has 2 heterocycles. The first-order chi connectivity index (χ1) is 23.9. The summed E-state index contributed by atoms with van der Waals surface area (Å²) in [5, 5.41) is 22.3. The minimum Gasteiger partial charge on any atom is -0.395 e. The summed E-state index contributed by atoms with van der Waals surface area (Å²) in [6.07, 6.45) is 14.5. The molecule has 3 saturated carbocycles. The predicted octanol–water partition coefficient (Wildman–Crippen LogP) is 2.49. The number of rotatable bonds is 14. The van der Waals surface area contributed by atoms with Crippen LogP contribution in [-0.4, -0.2) is 92.9 Å². The monoisotopic (exact) mass is 695 g/mol. The van der Waals surface area contributed by atoms with Crippen LogP contribution in [0.5, 0.6) is 0 Å². The maximum atomic E-state index is 14.7. The van der Waals surface area contributed by atoms with Crippen LogP contribution in [0.15, 0.2) is 18.6 Å². The van der Waals surface area contributed by atoms with Gasteiger partial charge in [-0.05, 0) is 68.1 Å². The van der Waals surface area contributed by atoms with Gasteiger partial charge in [-0.2, -0.15) is 0 Å². The van der Waals surface area contributed by atoms with Crippen LogP contribution in [0.3, 0.4) is 0 Å². The number of aliphatic hydroxyl groups is 1. The molecule has 276 valence electrons. The van der Waals surface area contributed by atoms with Crippen LogP contribution in [0, 0.1) is 29.1 Å². The number of carbonyl (C=O) groups is 5. The number of nitrogens with one attached hydrogen (secondary N) is 4. The van der Waals surface area contributed by atoms with Crippen molar-refractivity contribution >= 4 is 29.5 Å². The number of aliphatic hydroxyl groups excluding tert-OH is 1. The summed E-state index contributed by atoms with van der Waals surface area (Å²) in [5.74, 6) is -2.62. The van der Waals surface area contributed by atoms with Crippen molar-refractivity contribution in [1.29, 1.82) is 0 Å². The van der Waals surface area contributed by atoms with Crippen molar-refractivity contribution in [2.75, 3.05) is 13.2 Å². The van der Waals surface area contributed by atoms with Crippen LogP contribution in [0.4, 0.5) is 0 Å². The third-order valence-electron chi connectivity index (χ3n) is 11.2. The zero-order chi connectivity index (χ0) is 36.0. The fraction of sp³-hybridized carbons (Fsp3) is 0.757. The van der Waals surface area contributed by atoms with Crippen molar-refractivity contribution in [3.05, 3.63) is 24.3 Å². The summed E-state index contributed by atoms with van der Waals surface area (Å²) in [6, 6.07) is -3.05. The lowest BCUT2D eigenvalue weighted by atomic mass is 9.82. The molecular formula is C37H57N7O6. The maximum Gasteiger partial charge on any atom is 0.272 e. The first-order valence-corrected chi connectivity index (χ1v) is 18.8. The van der Waals surface area contributed by atoms with E-state index in [2.05, 4.69) is 31.2 Å². The largest absolute Gasteiger partial charge is 0.395 e. The first-order valence-electron chi connectivity index (χ1n) is 18.8. The van der Waals surface area contributed by atoms with Gasteiger partial charge in [0, 0.05) is 31.0 Å². The Morgan fingerprint density at radius 2 is 1.66 bits per heavy atom. The van der Waals surface area contributed by atoms with Crippen molar-refractivity contribution in [1.82, 2.24) is 36.1 Å². The van der Waals surface area contributed by atoms with Crippen LogP contribution in [0.2, 0.25) is 0 Å². The Hall–Kier alpha value is -3.61. The number of amides is 5. The summed E-state index contributed by atoms with van der Waals surface area (Å²) >= 11 is 0. The Labute approximate surface area is 295 Å². The van der Waals surface area contributed by atoms with Gasteiger partial charge in [-0.1, -0.05) is 59.8 Å². The van der Waals surface area contributed by atoms with Crippen molar-refractivity contribution in [3.8, 4) is 0 Å². The number of fused-ring (bicyclic) bond motifs is 1. The van der Waals surface area contributed by atoms with E-state index in [9.17, 15) is 29.1 Å². The third-order valence-corrected chi connectivity index (χ3v) is 11.2. The number of hydrogen-bond donors (Lipinski definition) is 5. The van der Waals surface area contributed by atoms with Gasteiger partial charge in [0.05, 0.1) is 18.7 Å². The Balaban J connectivity index is 1.36. The molecule has 0 radical (unpaired) electrons. The van der Waals surface area contributed by atoms with E-state index in [1.807, 2.05) is 27.7 Å². The summed E-state index contributed by atoms with van der Waals surface area (Å²) in [7, 11) is 0. The van der Waals surface area contributed by atoms with Crippen molar-refractivity contribution in [2.24, 2.45) is 29.1 Å². The molecule has 4 fully saturated rings. The Kier molecular flexibility index (Phi) is 12.5. The van der Waals surface area contributed by atoms with Gasteiger partial charge in [0.15, 0.2) is 0 Å². The molecule has 0 spiro atoms. The average Bonchev–Trinajstić information content (AvgIpc) is 3.66. The molecule has 1 saturated heterocycles. The SMILES string of the molecule is CCC[C@H](NC(=O)[C@@H]1[C@H]2CCC[C@H]2CN1C(=O)[C@@H](NC(=O)[C@@H](NC(=O)c1cnccn1)C1CCCCC1)C(C)(C)C)C(CO)C(=O)NC1CC1. The van der Waals surface area contributed by atoms with E-state index in [4.69, 9.17) is 0 Å². The van der Waals surface area contributed by atoms with E-state index in [1.165, 1.54) is 18.6 Å². The normalized spacial score (nSPS) is 24.7. The quantitative estimate of drug-likeness (QED) is 0.197. The Morgan fingerprint density at radius 3 is 2.28 bits per heavy atom. The molecule has 3 aliphatic carbocycles. The highest BCUT2D eigenvalue weighted by Gasteiger charge is 2.52. The van der Waals surface area contributed by atoms with Gasteiger partial charge in [-0.15, -0.1) is 0 Å². The van der Waals surface area contributed by atoms with Gasteiger partial charge < -0.3 is 31.3 Å². The fourth-order valence-corrected chi connectivity index (χ4v) is 8.29. The van der Waals surface area contributed by atoms with Gasteiger partial charge >= 0.3 is 0 Å². The number of likely N-dealkylation sites (tertiary alicyclic amines) is 1. The molecule has 7 atom stereocenters. The molecule has 5 N–H and O–H groups in total. The molecule has 5 rings (SSSR count). The van der Waals surface area contributed by atoms with Crippen LogP contribution in [0.1, 0.15) is 115 Å². The van der Waals surface area contributed by atoms with E-state index in [1.54, 1.807) is 4.90 Å². The molecular weight excluding hydrogens is 638 g/mol. The summed E-state index contributed by atoms with van der Waals surface area (Å²) < 4.78 is 0. The maximum absolute atomic E-state index is 14.7. The van der Waals surface area contributed by atoms with Gasteiger partial charge in [0.1, 0.15) is 23.8 Å². The zero-order valence-corrected chi connectivity index (χ0v) is 30.2. The van der Waals surface area contributed by atoms with E-state index in [0.717, 1.165) is 64.2 Å². The van der Waals surface area contributed by atoms with Crippen LogP contribution < -0.4 is 21.3 Å². The molecule has 0 bridgehead atoms. The third kappa shape index (κ3) is 8.99. The lowest BCUT2D eigenvalue weighted by Gasteiger charge is -2.38. The number of carbonyl (C=O) groups excluding carboxylic acids is 5. The smallest absolute Gasteiger partial charge is 0.272 e. The second kappa shape index (κ2) is 16.6. The summed E-state index contributed by atoms with van der Waals surface area (Å²) in [6.45, 7) is 7.64. The van der Waals surface area contributed by atoms with E-state index in [0.29, 0.717) is 19.4 Å². The molecule has 1 aromatic rings. The van der Waals surface area contributed by atoms with Crippen LogP contribution in [-0.2, 0) is 19.2 Å². The van der Waals surface area contributed by atoms with Crippen molar-refractivity contribution in [3.63, 3.8) is 0 Å². The van der Waals surface area contributed by atoms with E-state index < -0.39 is 53.9 Å². The number of hydrogen-bond acceptors (Lipinski definition) is 8. The topological polar surface area (TPSA) is 183 Å². The molecule has 50 heavy (non-hydrogen) atoms. The molecule has 13 nitrogen and oxygen atoms in total. The molecule has 13 heteroatoms. The minimum atomic E-state index is -0.968. The van der Waals surface area contributed by atoms with E-state index in [-0.39, 0.29) is 47.2 Å². The molecule has 1 aliphatic heterocycles. The van der Waals surface area contributed by atoms with Gasteiger partial charge in [-0.25, -0.2) is 4.98 Å². The summed E-state index contributed by atoms with van der Waals surface area (Å²) in [4.78, 5) is 79.1. The standard InChI is InChI=1S/C37H57N7O6/c1-5-10-27(26(21-45)32(46)40-24-15-16-24)41-35(49)30-25-14-9-13-23(25)20-44(30)36(50)31(37(2,3)4)43-34(48)29(22-11-7-6-8-12-22)42-33(47)28-19-38-17-18-39-28/h17-19,22-27,29-31,45H,5-16,20-21H2,1-4H3,(H,40,46)(H,41,49)(H,42,47)(H,43,48)/t23-,25-,26?,27-,29-,30-,31+/m0/s1. The average molecular weight is 696 g/mol. The first kappa shape index (κ1) is 37.6. The molecule has 1 unspecified atom stereocenters. The zero-order valence-electron chi connectivity index (χ0n) is 30.2. The highest BCUT2D eigenvalue weighted by Crippen LogP contribution is 2.43. The Morgan fingerprint density at radius 1 is 0.920 bits per heavy atom. The van der Waals surface area contributed by atoms with Crippen LogP contribution >= 0.6 is 0 Å². The highest BCUT2D eigenvalue weighted by atomic mass is 16.3. The Bertz CT molecular complexity index is 1360. The molecule has 1 aromatic heterocycles. The lowest BCUT2D eigenvalue weighted by Crippen LogP contribution is -2.62. The molecule has 4 aliphatic rings. The second-order valence-corrected chi connectivity index (χ2v) is 16.0. The predicted molar refractivity (Wildman–Crippen MR) is 186 cm³/mol. The van der Waals surface area contributed by atoms with Gasteiger partial charge in [-0.3, -0.25) is 29.0 Å². The molecule has 0 aromatic carbocycles. The second-order valence-electron chi connectivity index (χ2n) is 16.0. The van der Waals surface area contributed by atoms with Crippen molar-refractivity contribution < 1.29 is 29.1 Å². The number of nitrogens with zero attached hydrogens (tertiary/aromatic N) is 3. The van der Waals surface area contributed by atoms with Gasteiger partial charge in [0.2, 0.25) is 23.6 Å². The highest BCUT2D eigenvalue weighted by molar-refractivity contribution is 5.98. The molecule has 5 amide bonds. The van der Waals surface area contributed by atoms with Crippen LogP contribution in [0.25, 0.3) is 0 Å². The van der Waals surface area contributed by atoms with E-state index >= 15 is 0 Å². The number of aromatic nitrogens is 2. The van der Waals surface area contributed by atoms with Gasteiger partial charge in [0.25, 0.3) is 5.91 Å². The summed E-state index contributed by atoms with van der Waals surface area (Å²) in [5.41, 5.74) is -0.609. The minimum absolute atomic E-state index is 0.0355. The fourth-order valence-electron chi connectivity index (χ4n) is 8.29. The van der Waals surface area contributed by atoms with Crippen molar-refractivity contribution in [2.45, 2.75) is 135 Å².